The van der Waals surface area contributed by atoms with Crippen LogP contribution in [0.1, 0.15) is 5.56 Å². The van der Waals surface area contributed by atoms with Crippen molar-refractivity contribution in [2.75, 3.05) is 18.5 Å². The molecule has 0 fully saturated rings. The van der Waals surface area contributed by atoms with Gasteiger partial charge >= 0.3 is 0 Å². The van der Waals surface area contributed by atoms with Crippen LogP contribution in [0.3, 0.4) is 0 Å². The SMILES string of the molecule is O=C(Cc1ccc(Cl)cc1)Nc1cccc(-c2nc3cc4c(cc3[nH]2)OCCO4)c1. The summed E-state index contributed by atoms with van der Waals surface area (Å²) in [6.07, 6.45) is 0.275. The van der Waals surface area contributed by atoms with E-state index < -0.39 is 0 Å². The Bertz CT molecular complexity index is 1190. The molecule has 7 heteroatoms. The molecule has 0 unspecified atom stereocenters. The third kappa shape index (κ3) is 3.82. The normalized spacial score (nSPS) is 12.7. The number of hydrogen-bond acceptors (Lipinski definition) is 4. The zero-order valence-corrected chi connectivity index (χ0v) is 16.7. The van der Waals surface area contributed by atoms with E-state index >= 15 is 0 Å². The van der Waals surface area contributed by atoms with Crippen LogP contribution in [0.15, 0.2) is 60.7 Å². The minimum absolute atomic E-state index is 0.0962. The van der Waals surface area contributed by atoms with Crippen molar-refractivity contribution in [3.8, 4) is 22.9 Å². The zero-order valence-electron chi connectivity index (χ0n) is 15.9. The monoisotopic (exact) mass is 419 g/mol. The molecule has 0 radical (unpaired) electrons. The number of anilines is 1. The number of imidazole rings is 1. The van der Waals surface area contributed by atoms with Gasteiger partial charge in [0, 0.05) is 28.4 Å². The lowest BCUT2D eigenvalue weighted by molar-refractivity contribution is -0.115. The Labute approximate surface area is 177 Å². The highest BCUT2D eigenvalue weighted by atomic mass is 35.5. The summed E-state index contributed by atoms with van der Waals surface area (Å²) in [4.78, 5) is 20.4. The van der Waals surface area contributed by atoms with Gasteiger partial charge in [0.05, 0.1) is 17.5 Å². The van der Waals surface area contributed by atoms with Crippen LogP contribution >= 0.6 is 11.6 Å². The third-order valence-electron chi connectivity index (χ3n) is 4.84. The number of H-pyrrole nitrogens is 1. The second kappa shape index (κ2) is 7.72. The van der Waals surface area contributed by atoms with E-state index in [9.17, 15) is 4.79 Å². The quantitative estimate of drug-likeness (QED) is 0.496. The first-order chi connectivity index (χ1) is 14.6. The van der Waals surface area contributed by atoms with Gasteiger partial charge in [0.1, 0.15) is 19.0 Å². The number of carbonyl (C=O) groups excluding carboxylic acids is 1. The molecule has 0 saturated heterocycles. The topological polar surface area (TPSA) is 76.2 Å². The molecule has 4 aromatic rings. The minimum atomic E-state index is -0.0962. The van der Waals surface area contributed by atoms with Gasteiger partial charge < -0.3 is 19.8 Å². The predicted molar refractivity (Wildman–Crippen MR) is 116 cm³/mol. The van der Waals surface area contributed by atoms with Crippen molar-refractivity contribution in [3.05, 3.63) is 71.2 Å². The van der Waals surface area contributed by atoms with E-state index in [0.29, 0.717) is 41.2 Å². The maximum atomic E-state index is 12.4. The highest BCUT2D eigenvalue weighted by Gasteiger charge is 2.15. The van der Waals surface area contributed by atoms with E-state index in [1.165, 1.54) is 0 Å². The number of amides is 1. The molecule has 150 valence electrons. The van der Waals surface area contributed by atoms with Crippen molar-refractivity contribution < 1.29 is 14.3 Å². The molecule has 0 spiro atoms. The van der Waals surface area contributed by atoms with E-state index in [-0.39, 0.29) is 12.3 Å². The van der Waals surface area contributed by atoms with Gasteiger partial charge in [0.25, 0.3) is 0 Å². The first-order valence-electron chi connectivity index (χ1n) is 9.58. The minimum Gasteiger partial charge on any atom is -0.486 e. The molecule has 3 aromatic carbocycles. The number of carbonyl (C=O) groups is 1. The Balaban J connectivity index is 1.36. The van der Waals surface area contributed by atoms with Crippen LogP contribution in [0.5, 0.6) is 11.5 Å². The number of aromatic amines is 1. The van der Waals surface area contributed by atoms with Crippen molar-refractivity contribution in [1.82, 2.24) is 9.97 Å². The molecule has 2 N–H and O–H groups in total. The number of halogens is 1. The fourth-order valence-corrected chi connectivity index (χ4v) is 3.55. The van der Waals surface area contributed by atoms with Crippen LogP contribution in [0.4, 0.5) is 5.69 Å². The number of aromatic nitrogens is 2. The number of nitrogens with one attached hydrogen (secondary N) is 2. The largest absolute Gasteiger partial charge is 0.486 e. The number of rotatable bonds is 4. The van der Waals surface area contributed by atoms with Crippen LogP contribution in [0, 0.1) is 0 Å². The van der Waals surface area contributed by atoms with Gasteiger partial charge in [0.15, 0.2) is 11.5 Å². The van der Waals surface area contributed by atoms with Crippen LogP contribution in [0.2, 0.25) is 5.02 Å². The molecule has 0 atom stereocenters. The summed E-state index contributed by atoms with van der Waals surface area (Å²) in [6, 6.07) is 18.6. The lowest BCUT2D eigenvalue weighted by atomic mass is 10.1. The van der Waals surface area contributed by atoms with Crippen LogP contribution in [-0.4, -0.2) is 29.1 Å². The summed E-state index contributed by atoms with van der Waals surface area (Å²) >= 11 is 5.90. The van der Waals surface area contributed by atoms with E-state index in [0.717, 1.165) is 22.2 Å². The number of fused-ring (bicyclic) bond motifs is 2. The Kier molecular flexibility index (Phi) is 4.77. The molecule has 2 heterocycles. The smallest absolute Gasteiger partial charge is 0.228 e. The van der Waals surface area contributed by atoms with Gasteiger partial charge in [-0.05, 0) is 29.8 Å². The molecule has 5 rings (SSSR count). The van der Waals surface area contributed by atoms with Crippen molar-refractivity contribution >= 4 is 34.2 Å². The van der Waals surface area contributed by atoms with Crippen molar-refractivity contribution in [2.45, 2.75) is 6.42 Å². The molecule has 30 heavy (non-hydrogen) atoms. The van der Waals surface area contributed by atoms with Gasteiger partial charge in [-0.1, -0.05) is 35.9 Å². The van der Waals surface area contributed by atoms with Crippen molar-refractivity contribution in [3.63, 3.8) is 0 Å². The predicted octanol–water partition coefficient (Wildman–Crippen LogP) is 4.84. The van der Waals surface area contributed by atoms with Crippen LogP contribution < -0.4 is 14.8 Å². The summed E-state index contributed by atoms with van der Waals surface area (Å²) in [5.74, 6) is 2.03. The average Bonchev–Trinajstić information content (AvgIpc) is 3.17. The number of ether oxygens (including phenoxy) is 2. The van der Waals surface area contributed by atoms with E-state index in [2.05, 4.69) is 15.3 Å². The second-order valence-electron chi connectivity index (χ2n) is 7.03. The van der Waals surface area contributed by atoms with Gasteiger partial charge in [-0.3, -0.25) is 4.79 Å². The summed E-state index contributed by atoms with van der Waals surface area (Å²) in [7, 11) is 0. The standard InChI is InChI=1S/C23H18ClN3O3/c24-16-6-4-14(5-7-16)10-22(28)25-17-3-1-2-15(11-17)23-26-18-12-20-21(13-19(18)27-23)30-9-8-29-20/h1-7,11-13H,8-10H2,(H,25,28)(H,26,27). The van der Waals surface area contributed by atoms with Gasteiger partial charge in [-0.2, -0.15) is 0 Å². The molecule has 1 amide bonds. The van der Waals surface area contributed by atoms with Gasteiger partial charge in [-0.15, -0.1) is 0 Å². The molecule has 0 bridgehead atoms. The lowest BCUT2D eigenvalue weighted by Crippen LogP contribution is -2.15. The maximum Gasteiger partial charge on any atom is 0.228 e. The van der Waals surface area contributed by atoms with Crippen LogP contribution in [0.25, 0.3) is 22.4 Å². The van der Waals surface area contributed by atoms with Crippen molar-refractivity contribution in [1.29, 1.82) is 0 Å². The molecular formula is C23H18ClN3O3. The number of hydrogen-bond donors (Lipinski definition) is 2. The first-order valence-corrected chi connectivity index (χ1v) is 9.96. The number of nitrogens with zero attached hydrogens (tertiary/aromatic N) is 1. The second-order valence-corrected chi connectivity index (χ2v) is 7.47. The van der Waals surface area contributed by atoms with E-state index in [1.807, 2.05) is 48.5 Å². The van der Waals surface area contributed by atoms with Crippen LogP contribution in [-0.2, 0) is 11.2 Å². The average molecular weight is 420 g/mol. The van der Waals surface area contributed by atoms with Crippen molar-refractivity contribution in [2.24, 2.45) is 0 Å². The Morgan fingerprint density at radius 3 is 2.60 bits per heavy atom. The molecule has 6 nitrogen and oxygen atoms in total. The zero-order chi connectivity index (χ0) is 20.5. The molecule has 1 aliphatic rings. The third-order valence-corrected chi connectivity index (χ3v) is 5.10. The van der Waals surface area contributed by atoms with E-state index in [1.54, 1.807) is 12.1 Å². The Morgan fingerprint density at radius 2 is 1.80 bits per heavy atom. The molecule has 0 aliphatic carbocycles. The summed E-state index contributed by atoms with van der Waals surface area (Å²) < 4.78 is 11.3. The lowest BCUT2D eigenvalue weighted by Gasteiger charge is -2.17. The fourth-order valence-electron chi connectivity index (χ4n) is 3.42. The molecule has 1 aliphatic heterocycles. The van der Waals surface area contributed by atoms with E-state index in [4.69, 9.17) is 21.1 Å². The highest BCUT2D eigenvalue weighted by Crippen LogP contribution is 2.35. The fraction of sp³-hybridized carbons (Fsp3) is 0.130. The Morgan fingerprint density at radius 1 is 1.03 bits per heavy atom. The summed E-state index contributed by atoms with van der Waals surface area (Å²) in [6.45, 7) is 1.07. The number of benzene rings is 3. The van der Waals surface area contributed by atoms with Gasteiger partial charge in [0.2, 0.25) is 5.91 Å². The Hall–Kier alpha value is -3.51. The highest BCUT2D eigenvalue weighted by molar-refractivity contribution is 6.30. The first kappa shape index (κ1) is 18.5. The molecule has 0 saturated carbocycles. The van der Waals surface area contributed by atoms with Gasteiger partial charge in [-0.25, -0.2) is 4.98 Å². The molecule has 1 aromatic heterocycles. The summed E-state index contributed by atoms with van der Waals surface area (Å²) in [5, 5.41) is 3.59. The summed E-state index contributed by atoms with van der Waals surface area (Å²) in [5.41, 5.74) is 4.14. The molecular weight excluding hydrogens is 402 g/mol. The maximum absolute atomic E-state index is 12.4.